The highest BCUT2D eigenvalue weighted by atomic mass is 32.2. The van der Waals surface area contributed by atoms with Crippen molar-refractivity contribution in [3.05, 3.63) is 78.3 Å². The van der Waals surface area contributed by atoms with Gasteiger partial charge in [0.1, 0.15) is 17.3 Å². The number of hydrogen-bond donors (Lipinski definition) is 1. The summed E-state index contributed by atoms with van der Waals surface area (Å²) in [5.41, 5.74) is 0.220. The lowest BCUT2D eigenvalue weighted by molar-refractivity contribution is -0.0498. The molecule has 1 amide bonds. The van der Waals surface area contributed by atoms with Gasteiger partial charge in [-0.3, -0.25) is 4.79 Å². The summed E-state index contributed by atoms with van der Waals surface area (Å²) < 4.78 is 58.9. The number of benzene rings is 2. The summed E-state index contributed by atoms with van der Waals surface area (Å²) in [4.78, 5) is 12.4. The molecule has 3 aromatic rings. The van der Waals surface area contributed by atoms with Crippen molar-refractivity contribution in [1.29, 1.82) is 0 Å². The van der Waals surface area contributed by atoms with Gasteiger partial charge in [0.15, 0.2) is 15.6 Å². The van der Waals surface area contributed by atoms with Gasteiger partial charge in [0.05, 0.1) is 4.90 Å². The monoisotopic (exact) mass is 407 g/mol. The third-order valence-corrected chi connectivity index (χ3v) is 5.29. The predicted molar refractivity (Wildman–Crippen MR) is 97.1 cm³/mol. The van der Waals surface area contributed by atoms with Crippen molar-refractivity contribution < 1.29 is 31.1 Å². The van der Waals surface area contributed by atoms with E-state index in [1.165, 1.54) is 48.5 Å². The van der Waals surface area contributed by atoms with Gasteiger partial charge in [0.2, 0.25) is 0 Å². The van der Waals surface area contributed by atoms with E-state index >= 15 is 0 Å². The zero-order valence-corrected chi connectivity index (χ0v) is 15.2. The fourth-order valence-electron chi connectivity index (χ4n) is 2.42. The van der Waals surface area contributed by atoms with Crippen molar-refractivity contribution in [3.63, 3.8) is 0 Å². The number of alkyl halides is 2. The first-order chi connectivity index (χ1) is 13.3. The van der Waals surface area contributed by atoms with E-state index in [1.807, 2.05) is 0 Å². The molecule has 3 rings (SSSR count). The number of amides is 1. The Kier molecular flexibility index (Phi) is 5.74. The highest BCUT2D eigenvalue weighted by Crippen LogP contribution is 2.21. The lowest BCUT2D eigenvalue weighted by Crippen LogP contribution is -2.11. The van der Waals surface area contributed by atoms with E-state index in [-0.39, 0.29) is 27.9 Å². The molecule has 146 valence electrons. The molecule has 0 bridgehead atoms. The Balaban J connectivity index is 1.69. The van der Waals surface area contributed by atoms with Crippen LogP contribution in [0.2, 0.25) is 0 Å². The second kappa shape index (κ2) is 8.22. The molecule has 6 nitrogen and oxygen atoms in total. The Bertz CT molecular complexity index is 1060. The molecular formula is C19H15F2NO5S. The molecule has 0 unspecified atom stereocenters. The molecule has 0 atom stereocenters. The summed E-state index contributed by atoms with van der Waals surface area (Å²) in [6, 6.07) is 16.1. The number of carbonyl (C=O) groups is 1. The van der Waals surface area contributed by atoms with Crippen LogP contribution < -0.4 is 10.1 Å². The number of hydrogen-bond acceptors (Lipinski definition) is 5. The summed E-state index contributed by atoms with van der Waals surface area (Å²) in [7, 11) is -3.61. The van der Waals surface area contributed by atoms with Crippen LogP contribution in [0, 0.1) is 0 Å². The summed E-state index contributed by atoms with van der Waals surface area (Å²) in [5, 5.41) is 2.47. The van der Waals surface area contributed by atoms with Crippen LogP contribution in [-0.4, -0.2) is 20.9 Å². The van der Waals surface area contributed by atoms with Crippen molar-refractivity contribution in [2.45, 2.75) is 17.3 Å². The molecule has 1 heterocycles. The molecule has 0 saturated carbocycles. The number of halogens is 2. The molecule has 0 radical (unpaired) electrons. The molecular weight excluding hydrogens is 392 g/mol. The average molecular weight is 407 g/mol. The van der Waals surface area contributed by atoms with Gasteiger partial charge in [-0.2, -0.15) is 8.78 Å². The van der Waals surface area contributed by atoms with Gasteiger partial charge in [-0.25, -0.2) is 8.42 Å². The maximum atomic E-state index is 12.4. The smallest absolute Gasteiger partial charge is 0.387 e. The second-order valence-electron chi connectivity index (χ2n) is 5.70. The van der Waals surface area contributed by atoms with E-state index in [0.717, 1.165) is 0 Å². The van der Waals surface area contributed by atoms with Crippen LogP contribution in [0.15, 0.2) is 76.0 Å². The number of nitrogens with one attached hydrogen (secondary N) is 1. The summed E-state index contributed by atoms with van der Waals surface area (Å²) in [5.74, 6) is -1.18. The average Bonchev–Trinajstić information content (AvgIpc) is 3.10. The minimum atomic E-state index is -3.61. The van der Waals surface area contributed by atoms with E-state index in [0.29, 0.717) is 0 Å². The molecule has 0 saturated heterocycles. The van der Waals surface area contributed by atoms with Gasteiger partial charge in [0, 0.05) is 11.8 Å². The van der Waals surface area contributed by atoms with E-state index in [1.54, 1.807) is 18.2 Å². The van der Waals surface area contributed by atoms with Crippen LogP contribution >= 0.6 is 0 Å². The third kappa shape index (κ3) is 4.95. The van der Waals surface area contributed by atoms with Crippen LogP contribution in [0.4, 0.5) is 14.5 Å². The molecule has 0 aliphatic carbocycles. The maximum Gasteiger partial charge on any atom is 0.387 e. The number of ether oxygens (including phenoxy) is 1. The molecule has 1 aromatic heterocycles. The number of anilines is 1. The molecule has 1 N–H and O–H groups in total. The fourth-order valence-corrected chi connectivity index (χ4v) is 3.69. The van der Waals surface area contributed by atoms with Crippen molar-refractivity contribution in [2.24, 2.45) is 0 Å². The lowest BCUT2D eigenvalue weighted by Gasteiger charge is -2.07. The van der Waals surface area contributed by atoms with E-state index in [2.05, 4.69) is 10.1 Å². The van der Waals surface area contributed by atoms with E-state index in [4.69, 9.17) is 4.42 Å². The number of rotatable bonds is 7. The van der Waals surface area contributed by atoms with Gasteiger partial charge >= 0.3 is 6.61 Å². The Morgan fingerprint density at radius 2 is 1.79 bits per heavy atom. The van der Waals surface area contributed by atoms with Crippen LogP contribution in [-0.2, 0) is 15.6 Å². The molecule has 28 heavy (non-hydrogen) atoms. The van der Waals surface area contributed by atoms with Gasteiger partial charge in [-0.15, -0.1) is 0 Å². The SMILES string of the molecule is O=C(Nc1cccc(OC(F)F)c1)c1ccc(CS(=O)(=O)c2ccccc2)o1. The van der Waals surface area contributed by atoms with Crippen LogP contribution in [0.1, 0.15) is 16.3 Å². The van der Waals surface area contributed by atoms with Crippen LogP contribution in [0.5, 0.6) is 5.75 Å². The first-order valence-corrected chi connectivity index (χ1v) is 9.71. The summed E-state index contributed by atoms with van der Waals surface area (Å²) >= 11 is 0. The maximum absolute atomic E-state index is 12.4. The quantitative estimate of drug-likeness (QED) is 0.637. The Morgan fingerprint density at radius 1 is 1.04 bits per heavy atom. The number of carbonyl (C=O) groups excluding carboxylic acids is 1. The van der Waals surface area contributed by atoms with Crippen LogP contribution in [0.25, 0.3) is 0 Å². The third-order valence-electron chi connectivity index (χ3n) is 3.64. The Labute approximate surface area is 159 Å². The molecule has 0 spiro atoms. The minimum absolute atomic E-state index is 0.101. The Morgan fingerprint density at radius 3 is 2.50 bits per heavy atom. The van der Waals surface area contributed by atoms with Crippen molar-refractivity contribution in [3.8, 4) is 5.75 Å². The minimum Gasteiger partial charge on any atom is -0.455 e. The highest BCUT2D eigenvalue weighted by molar-refractivity contribution is 7.90. The van der Waals surface area contributed by atoms with Gasteiger partial charge in [-0.1, -0.05) is 24.3 Å². The van der Waals surface area contributed by atoms with Crippen molar-refractivity contribution >= 4 is 21.4 Å². The zero-order chi connectivity index (χ0) is 20.1. The normalized spacial score (nSPS) is 11.4. The molecule has 0 fully saturated rings. The fraction of sp³-hybridized carbons (Fsp3) is 0.105. The predicted octanol–water partition coefficient (Wildman–Crippen LogP) is 4.11. The van der Waals surface area contributed by atoms with Gasteiger partial charge < -0.3 is 14.5 Å². The van der Waals surface area contributed by atoms with Gasteiger partial charge in [-0.05, 0) is 36.4 Å². The molecule has 2 aromatic carbocycles. The molecule has 9 heteroatoms. The lowest BCUT2D eigenvalue weighted by atomic mass is 10.3. The van der Waals surface area contributed by atoms with E-state index < -0.39 is 28.1 Å². The van der Waals surface area contributed by atoms with Crippen molar-refractivity contribution in [2.75, 3.05) is 5.32 Å². The summed E-state index contributed by atoms with van der Waals surface area (Å²) in [6.07, 6.45) is 0. The summed E-state index contributed by atoms with van der Waals surface area (Å²) in [6.45, 7) is -2.98. The Hall–Kier alpha value is -3.20. The number of furan rings is 1. The first-order valence-electron chi connectivity index (χ1n) is 8.06. The zero-order valence-electron chi connectivity index (χ0n) is 14.3. The first kappa shape index (κ1) is 19.6. The second-order valence-corrected chi connectivity index (χ2v) is 7.69. The van der Waals surface area contributed by atoms with Crippen LogP contribution in [0.3, 0.4) is 0 Å². The standard InChI is InChI=1S/C19H15F2NO5S/c20-19(21)27-14-6-4-5-13(11-14)22-18(23)17-10-9-15(26-17)12-28(24,25)16-7-2-1-3-8-16/h1-11,19H,12H2,(H,22,23). The molecule has 0 aliphatic heterocycles. The van der Waals surface area contributed by atoms with E-state index in [9.17, 15) is 22.0 Å². The van der Waals surface area contributed by atoms with Crippen molar-refractivity contribution in [1.82, 2.24) is 0 Å². The largest absolute Gasteiger partial charge is 0.455 e. The topological polar surface area (TPSA) is 85.6 Å². The molecule has 0 aliphatic rings. The highest BCUT2D eigenvalue weighted by Gasteiger charge is 2.19. The number of sulfone groups is 1. The van der Waals surface area contributed by atoms with Gasteiger partial charge in [0.25, 0.3) is 5.91 Å².